The maximum Gasteiger partial charge on any atom is 0.158 e. The molecule has 3 heterocycles. The first-order valence-electron chi connectivity index (χ1n) is 12.1. The van der Waals surface area contributed by atoms with Gasteiger partial charge in [0, 0.05) is 61.7 Å². The SMILES string of the molecule is CNCCN(C)C1=NC(c2ccnc3[nH]c(C(C)(C)COC)cc23)=NCC=NCC(C2CC2)=C1. The van der Waals surface area contributed by atoms with Crippen molar-refractivity contribution in [2.75, 3.05) is 54.0 Å². The van der Waals surface area contributed by atoms with Crippen LogP contribution in [0.1, 0.15) is 37.9 Å². The third-order valence-electron chi connectivity index (χ3n) is 6.46. The quantitative estimate of drug-likeness (QED) is 0.629. The molecule has 2 aromatic heterocycles. The number of H-pyrrole nitrogens is 1. The summed E-state index contributed by atoms with van der Waals surface area (Å²) in [7, 11) is 5.79. The molecule has 1 fully saturated rings. The molecule has 0 unspecified atom stereocenters. The fraction of sp³-hybridized carbons (Fsp3) is 0.538. The molecule has 0 saturated heterocycles. The Morgan fingerprint density at radius 1 is 1.29 bits per heavy atom. The van der Waals surface area contributed by atoms with Crippen molar-refractivity contribution in [2.45, 2.75) is 32.1 Å². The van der Waals surface area contributed by atoms with Gasteiger partial charge < -0.3 is 19.9 Å². The van der Waals surface area contributed by atoms with Gasteiger partial charge in [-0.3, -0.25) is 9.98 Å². The van der Waals surface area contributed by atoms with E-state index in [1.807, 2.05) is 25.5 Å². The molecule has 4 rings (SSSR count). The minimum absolute atomic E-state index is 0.165. The predicted molar refractivity (Wildman–Crippen MR) is 141 cm³/mol. The second-order valence-electron chi connectivity index (χ2n) is 9.80. The highest BCUT2D eigenvalue weighted by molar-refractivity contribution is 6.15. The highest BCUT2D eigenvalue weighted by Crippen LogP contribution is 2.36. The van der Waals surface area contributed by atoms with Crippen molar-refractivity contribution in [3.05, 3.63) is 41.2 Å². The smallest absolute Gasteiger partial charge is 0.158 e. The molecule has 0 bridgehead atoms. The number of aliphatic imine (C=N–C) groups is 3. The van der Waals surface area contributed by atoms with Crippen LogP contribution in [0, 0.1) is 5.92 Å². The van der Waals surface area contributed by atoms with Crippen LogP contribution in [0.5, 0.6) is 0 Å². The normalized spacial score (nSPS) is 17.4. The van der Waals surface area contributed by atoms with Gasteiger partial charge in [0.05, 0.1) is 19.7 Å². The molecule has 1 aliphatic carbocycles. The van der Waals surface area contributed by atoms with Gasteiger partial charge in [0.15, 0.2) is 5.84 Å². The number of methoxy groups -OCH3 is 1. The highest BCUT2D eigenvalue weighted by atomic mass is 16.5. The second-order valence-corrected chi connectivity index (χ2v) is 9.80. The Balaban J connectivity index is 1.80. The zero-order valence-electron chi connectivity index (χ0n) is 21.1. The molecule has 0 atom stereocenters. The topological polar surface area (TPSA) is 90.3 Å². The van der Waals surface area contributed by atoms with Gasteiger partial charge in [-0.1, -0.05) is 13.8 Å². The number of hydrogen-bond acceptors (Lipinski definition) is 7. The summed E-state index contributed by atoms with van der Waals surface area (Å²) in [6.45, 7) is 7.89. The van der Waals surface area contributed by atoms with Gasteiger partial charge in [-0.2, -0.15) is 0 Å². The average Bonchev–Trinajstić information content (AvgIpc) is 3.57. The van der Waals surface area contributed by atoms with E-state index in [1.165, 1.54) is 18.4 Å². The molecule has 8 nitrogen and oxygen atoms in total. The molecule has 0 spiro atoms. The minimum Gasteiger partial charge on any atom is -0.384 e. The first-order chi connectivity index (χ1) is 16.4. The number of hydrogen-bond donors (Lipinski definition) is 2. The molecule has 0 amide bonds. The number of pyridine rings is 1. The first-order valence-corrected chi connectivity index (χ1v) is 12.1. The van der Waals surface area contributed by atoms with Gasteiger partial charge in [-0.15, -0.1) is 0 Å². The second kappa shape index (κ2) is 10.6. The predicted octanol–water partition coefficient (Wildman–Crippen LogP) is 3.20. The fourth-order valence-electron chi connectivity index (χ4n) is 4.20. The van der Waals surface area contributed by atoms with E-state index in [2.05, 4.69) is 58.2 Å². The van der Waals surface area contributed by atoms with Crippen molar-refractivity contribution < 1.29 is 4.74 Å². The highest BCUT2D eigenvalue weighted by Gasteiger charge is 2.27. The van der Waals surface area contributed by atoms with E-state index in [9.17, 15) is 0 Å². The lowest BCUT2D eigenvalue weighted by Crippen LogP contribution is -2.33. The Morgan fingerprint density at radius 3 is 2.85 bits per heavy atom. The molecule has 2 N–H and O–H groups in total. The van der Waals surface area contributed by atoms with Crippen LogP contribution in [-0.2, 0) is 10.2 Å². The molecular weight excluding hydrogens is 426 g/mol. The number of aromatic amines is 1. The standard InChI is InChI=1S/C26H37N7O/c1-26(2,17-34-5)22-15-21-20(8-9-29-25(21)31-22)24-30-11-10-28-16-19(18-6-7-18)14-23(32-24)33(4)13-12-27-3/h8-10,14-15,18,27H,6-7,11-13,16-17H2,1-5H3,(H,29,31). The van der Waals surface area contributed by atoms with Crippen molar-refractivity contribution >= 4 is 28.9 Å². The molecule has 1 aliphatic heterocycles. The summed E-state index contributed by atoms with van der Waals surface area (Å²) in [5.74, 6) is 2.25. The summed E-state index contributed by atoms with van der Waals surface area (Å²) in [4.78, 5) is 24.9. The van der Waals surface area contributed by atoms with Crippen LogP contribution in [-0.4, -0.2) is 86.7 Å². The van der Waals surface area contributed by atoms with Crippen LogP contribution >= 0.6 is 0 Å². The molecule has 2 aliphatic rings. The largest absolute Gasteiger partial charge is 0.384 e. The molecule has 34 heavy (non-hydrogen) atoms. The summed E-state index contributed by atoms with van der Waals surface area (Å²) in [6.07, 6.45) is 8.44. The van der Waals surface area contributed by atoms with E-state index in [0.29, 0.717) is 24.9 Å². The van der Waals surface area contributed by atoms with Crippen LogP contribution < -0.4 is 5.32 Å². The van der Waals surface area contributed by atoms with E-state index in [-0.39, 0.29) is 5.41 Å². The van der Waals surface area contributed by atoms with Crippen LogP contribution in [0.4, 0.5) is 0 Å². The first kappa shape index (κ1) is 24.3. The van der Waals surface area contributed by atoms with Crippen LogP contribution in [0.2, 0.25) is 0 Å². The number of nitrogens with one attached hydrogen (secondary N) is 2. The third-order valence-corrected chi connectivity index (χ3v) is 6.46. The number of rotatable bonds is 8. The number of likely N-dealkylation sites (N-methyl/N-ethyl adjacent to an activating group) is 2. The van der Waals surface area contributed by atoms with Crippen molar-refractivity contribution in [2.24, 2.45) is 20.9 Å². The molecule has 1 saturated carbocycles. The van der Waals surface area contributed by atoms with E-state index in [4.69, 9.17) is 14.7 Å². The lowest BCUT2D eigenvalue weighted by Gasteiger charge is -2.21. The zero-order valence-corrected chi connectivity index (χ0v) is 21.1. The van der Waals surface area contributed by atoms with Gasteiger partial charge in [0.1, 0.15) is 11.5 Å². The number of fused-ring (bicyclic) bond motifs is 1. The average molecular weight is 464 g/mol. The molecule has 182 valence electrons. The Labute approximate surface area is 202 Å². The van der Waals surface area contributed by atoms with Crippen LogP contribution in [0.3, 0.4) is 0 Å². The molecule has 2 aromatic rings. The van der Waals surface area contributed by atoms with E-state index < -0.39 is 0 Å². The molecular formula is C26H37N7O. The Hall–Kier alpha value is -2.84. The summed E-state index contributed by atoms with van der Waals surface area (Å²) in [6, 6.07) is 4.17. The van der Waals surface area contributed by atoms with Crippen LogP contribution in [0.15, 0.2) is 45.0 Å². The molecule has 0 radical (unpaired) electrons. The summed E-state index contributed by atoms with van der Waals surface area (Å²) in [5.41, 5.74) is 4.08. The molecule has 0 aromatic carbocycles. The third kappa shape index (κ3) is 5.62. The Bertz CT molecular complexity index is 1120. The number of nitrogens with zero attached hydrogens (tertiary/aromatic N) is 5. The Kier molecular flexibility index (Phi) is 7.58. The zero-order chi connectivity index (χ0) is 24.1. The minimum atomic E-state index is -0.165. The number of aromatic nitrogens is 2. The Morgan fingerprint density at radius 2 is 2.12 bits per heavy atom. The maximum absolute atomic E-state index is 5.45. The van der Waals surface area contributed by atoms with Crippen molar-refractivity contribution in [1.29, 1.82) is 0 Å². The van der Waals surface area contributed by atoms with Crippen molar-refractivity contribution in [3.8, 4) is 0 Å². The summed E-state index contributed by atoms with van der Waals surface area (Å²) in [5, 5.41) is 4.25. The van der Waals surface area contributed by atoms with Gasteiger partial charge in [-0.05, 0) is 49.6 Å². The molecule has 8 heteroatoms. The summed E-state index contributed by atoms with van der Waals surface area (Å²) < 4.78 is 5.45. The van der Waals surface area contributed by atoms with E-state index >= 15 is 0 Å². The van der Waals surface area contributed by atoms with Gasteiger partial charge in [0.2, 0.25) is 0 Å². The van der Waals surface area contributed by atoms with Crippen molar-refractivity contribution in [1.82, 2.24) is 20.2 Å². The lowest BCUT2D eigenvalue weighted by atomic mass is 9.90. The van der Waals surface area contributed by atoms with Crippen molar-refractivity contribution in [3.63, 3.8) is 0 Å². The van der Waals surface area contributed by atoms with Gasteiger partial charge >= 0.3 is 0 Å². The number of amidine groups is 2. The lowest BCUT2D eigenvalue weighted by molar-refractivity contribution is 0.145. The van der Waals surface area contributed by atoms with Gasteiger partial charge in [0.25, 0.3) is 0 Å². The maximum atomic E-state index is 5.45. The van der Waals surface area contributed by atoms with Crippen LogP contribution in [0.25, 0.3) is 11.0 Å². The number of ether oxygens (including phenoxy) is 1. The van der Waals surface area contributed by atoms with Gasteiger partial charge in [-0.25, -0.2) is 9.98 Å². The fourth-order valence-corrected chi connectivity index (χ4v) is 4.20. The monoisotopic (exact) mass is 463 g/mol. The van der Waals surface area contributed by atoms with E-state index in [1.54, 1.807) is 7.11 Å². The summed E-state index contributed by atoms with van der Waals surface area (Å²) >= 11 is 0. The van der Waals surface area contributed by atoms with E-state index in [0.717, 1.165) is 47.8 Å².